The predicted octanol–water partition coefficient (Wildman–Crippen LogP) is 3.69. The van der Waals surface area contributed by atoms with Crippen molar-refractivity contribution in [1.29, 1.82) is 0 Å². The Morgan fingerprint density at radius 1 is 1.36 bits per heavy atom. The molecule has 2 N–H and O–H groups in total. The number of amides is 3. The largest absolute Gasteiger partial charge is 0.417 e. The van der Waals surface area contributed by atoms with Gasteiger partial charge in [-0.2, -0.15) is 13.2 Å². The first kappa shape index (κ1) is 18.6. The van der Waals surface area contributed by atoms with Gasteiger partial charge in [-0.1, -0.05) is 11.6 Å². The maximum Gasteiger partial charge on any atom is 0.417 e. The van der Waals surface area contributed by atoms with E-state index in [9.17, 15) is 22.8 Å². The van der Waals surface area contributed by atoms with Crippen molar-refractivity contribution in [3.8, 4) is 0 Å². The van der Waals surface area contributed by atoms with E-state index in [0.29, 0.717) is 6.54 Å². The van der Waals surface area contributed by atoms with Crippen LogP contribution in [0, 0.1) is 0 Å². The summed E-state index contributed by atoms with van der Waals surface area (Å²) in [6.45, 7) is 3.53. The summed E-state index contributed by atoms with van der Waals surface area (Å²) in [6, 6.07) is 2.74. The number of rotatable bonds is 4. The Morgan fingerprint density at radius 3 is 2.55 bits per heavy atom. The van der Waals surface area contributed by atoms with Gasteiger partial charge in [-0.05, 0) is 32.0 Å². The highest BCUT2D eigenvalue weighted by Crippen LogP contribution is 2.37. The Labute approximate surface area is 134 Å². The average Bonchev–Trinajstić information content (AvgIpc) is 2.39. The van der Waals surface area contributed by atoms with Crippen LogP contribution in [0.2, 0.25) is 5.02 Å². The molecule has 0 aliphatic heterocycles. The van der Waals surface area contributed by atoms with Crippen molar-refractivity contribution < 1.29 is 22.8 Å². The second-order valence-corrected chi connectivity index (χ2v) is 6.07. The van der Waals surface area contributed by atoms with Gasteiger partial charge in [0.15, 0.2) is 0 Å². The van der Waals surface area contributed by atoms with Crippen LogP contribution in [0.15, 0.2) is 23.1 Å². The van der Waals surface area contributed by atoms with Crippen LogP contribution in [0.3, 0.4) is 0 Å². The first-order chi connectivity index (χ1) is 10.1. The number of thioether (sulfide) groups is 1. The molecule has 0 bridgehead atoms. The third-order valence-electron chi connectivity index (χ3n) is 2.50. The standard InChI is InChI=1S/C13H14ClF3N2O2S/c1-3-18-12(21)19-11(20)7(2)22-8-4-5-10(14)9(6-8)13(15,16)17/h4-7H,3H2,1-2H3,(H2,18,19,20,21)/t7-/m0/s1. The van der Waals surface area contributed by atoms with Crippen LogP contribution in [0.5, 0.6) is 0 Å². The molecule has 1 aromatic rings. The zero-order valence-electron chi connectivity index (χ0n) is 11.8. The summed E-state index contributed by atoms with van der Waals surface area (Å²) < 4.78 is 38.3. The molecule has 0 saturated carbocycles. The summed E-state index contributed by atoms with van der Waals surface area (Å²) in [4.78, 5) is 23.2. The molecule has 0 radical (unpaired) electrons. The maximum atomic E-state index is 12.8. The minimum atomic E-state index is -4.57. The quantitative estimate of drug-likeness (QED) is 0.811. The second kappa shape index (κ2) is 7.73. The van der Waals surface area contributed by atoms with Crippen molar-refractivity contribution in [3.63, 3.8) is 0 Å². The number of carbonyl (C=O) groups is 2. The molecule has 3 amide bonds. The molecule has 9 heteroatoms. The van der Waals surface area contributed by atoms with E-state index in [-0.39, 0.29) is 4.90 Å². The fraction of sp³-hybridized carbons (Fsp3) is 0.385. The molecule has 0 fully saturated rings. The molecule has 0 heterocycles. The lowest BCUT2D eigenvalue weighted by Crippen LogP contribution is -2.42. The molecule has 0 aromatic heterocycles. The molecule has 1 atom stereocenters. The number of benzene rings is 1. The van der Waals surface area contributed by atoms with Crippen LogP contribution in [-0.4, -0.2) is 23.7 Å². The Balaban J connectivity index is 2.78. The average molecular weight is 355 g/mol. The molecular weight excluding hydrogens is 341 g/mol. The van der Waals surface area contributed by atoms with Crippen molar-refractivity contribution in [3.05, 3.63) is 28.8 Å². The molecule has 1 aromatic carbocycles. The molecule has 122 valence electrons. The van der Waals surface area contributed by atoms with Gasteiger partial charge in [-0.15, -0.1) is 11.8 Å². The number of alkyl halides is 3. The molecule has 22 heavy (non-hydrogen) atoms. The van der Waals surface area contributed by atoms with Gasteiger partial charge in [-0.25, -0.2) is 4.79 Å². The maximum absolute atomic E-state index is 12.8. The van der Waals surface area contributed by atoms with Crippen LogP contribution >= 0.6 is 23.4 Å². The van der Waals surface area contributed by atoms with Gasteiger partial charge in [0.1, 0.15) is 0 Å². The number of nitrogens with one attached hydrogen (secondary N) is 2. The monoisotopic (exact) mass is 354 g/mol. The fourth-order valence-corrected chi connectivity index (χ4v) is 2.60. The number of urea groups is 1. The van der Waals surface area contributed by atoms with Gasteiger partial charge >= 0.3 is 12.2 Å². The van der Waals surface area contributed by atoms with E-state index < -0.39 is 34.0 Å². The van der Waals surface area contributed by atoms with Crippen LogP contribution in [-0.2, 0) is 11.0 Å². The van der Waals surface area contributed by atoms with E-state index in [2.05, 4.69) is 10.6 Å². The summed E-state index contributed by atoms with van der Waals surface area (Å²) in [7, 11) is 0. The van der Waals surface area contributed by atoms with Crippen molar-refractivity contribution in [2.45, 2.75) is 30.2 Å². The summed E-state index contributed by atoms with van der Waals surface area (Å²) in [6.07, 6.45) is -4.57. The third-order valence-corrected chi connectivity index (χ3v) is 3.92. The van der Waals surface area contributed by atoms with E-state index in [4.69, 9.17) is 11.6 Å². The highest BCUT2D eigenvalue weighted by atomic mass is 35.5. The van der Waals surface area contributed by atoms with Gasteiger partial charge in [0, 0.05) is 11.4 Å². The highest BCUT2D eigenvalue weighted by molar-refractivity contribution is 8.00. The van der Waals surface area contributed by atoms with Crippen molar-refractivity contribution in [2.75, 3.05) is 6.54 Å². The molecule has 0 spiro atoms. The van der Waals surface area contributed by atoms with Crippen LogP contribution in [0.1, 0.15) is 19.4 Å². The number of imide groups is 1. The van der Waals surface area contributed by atoms with Gasteiger partial charge < -0.3 is 5.32 Å². The highest BCUT2D eigenvalue weighted by Gasteiger charge is 2.33. The summed E-state index contributed by atoms with van der Waals surface area (Å²) >= 11 is 6.42. The smallest absolute Gasteiger partial charge is 0.338 e. The molecular formula is C13H14ClF3N2O2S. The molecule has 4 nitrogen and oxygen atoms in total. The van der Waals surface area contributed by atoms with Crippen molar-refractivity contribution in [2.24, 2.45) is 0 Å². The van der Waals surface area contributed by atoms with Gasteiger partial charge in [-0.3, -0.25) is 10.1 Å². The van der Waals surface area contributed by atoms with E-state index in [0.717, 1.165) is 23.9 Å². The second-order valence-electron chi connectivity index (χ2n) is 4.25. The predicted molar refractivity (Wildman–Crippen MR) is 79.0 cm³/mol. The SMILES string of the molecule is CCNC(=O)NC(=O)[C@H](C)Sc1ccc(Cl)c(C(F)(F)F)c1. The molecule has 0 saturated heterocycles. The Kier molecular flexibility index (Phi) is 6.55. The minimum Gasteiger partial charge on any atom is -0.338 e. The molecule has 0 aliphatic rings. The van der Waals surface area contributed by atoms with Crippen LogP contribution < -0.4 is 10.6 Å². The van der Waals surface area contributed by atoms with E-state index in [1.54, 1.807) is 6.92 Å². The van der Waals surface area contributed by atoms with Crippen LogP contribution in [0.4, 0.5) is 18.0 Å². The Hall–Kier alpha value is -1.41. The normalized spacial score (nSPS) is 12.6. The lowest BCUT2D eigenvalue weighted by molar-refractivity contribution is -0.137. The lowest BCUT2D eigenvalue weighted by Gasteiger charge is -2.14. The molecule has 0 aliphatic carbocycles. The summed E-state index contributed by atoms with van der Waals surface area (Å²) in [5, 5.41) is 3.33. The number of halogens is 4. The number of carbonyl (C=O) groups excluding carboxylic acids is 2. The third kappa shape index (κ3) is 5.42. The molecule has 1 rings (SSSR count). The van der Waals surface area contributed by atoms with Crippen molar-refractivity contribution >= 4 is 35.3 Å². The minimum absolute atomic E-state index is 0.232. The van der Waals surface area contributed by atoms with E-state index in [1.165, 1.54) is 13.0 Å². The van der Waals surface area contributed by atoms with Crippen LogP contribution in [0.25, 0.3) is 0 Å². The van der Waals surface area contributed by atoms with Gasteiger partial charge in [0.05, 0.1) is 15.8 Å². The Morgan fingerprint density at radius 2 is 2.00 bits per heavy atom. The first-order valence-corrected chi connectivity index (χ1v) is 7.53. The van der Waals surface area contributed by atoms with Gasteiger partial charge in [0.25, 0.3) is 0 Å². The van der Waals surface area contributed by atoms with Crippen molar-refractivity contribution in [1.82, 2.24) is 10.6 Å². The summed E-state index contributed by atoms with van der Waals surface area (Å²) in [5.74, 6) is -0.598. The zero-order chi connectivity index (χ0) is 16.9. The number of hydrogen-bond donors (Lipinski definition) is 2. The topological polar surface area (TPSA) is 58.2 Å². The van der Waals surface area contributed by atoms with Gasteiger partial charge in [0.2, 0.25) is 5.91 Å². The fourth-order valence-electron chi connectivity index (χ4n) is 1.47. The lowest BCUT2D eigenvalue weighted by atomic mass is 10.2. The summed E-state index contributed by atoms with van der Waals surface area (Å²) in [5.41, 5.74) is -0.962. The first-order valence-electron chi connectivity index (χ1n) is 6.27. The van der Waals surface area contributed by atoms with E-state index in [1.807, 2.05) is 0 Å². The zero-order valence-corrected chi connectivity index (χ0v) is 13.3. The number of hydrogen-bond acceptors (Lipinski definition) is 3. The Bertz CT molecular complexity index is 567. The van der Waals surface area contributed by atoms with E-state index >= 15 is 0 Å². The molecule has 0 unspecified atom stereocenters.